The second kappa shape index (κ2) is 5.29. The lowest BCUT2D eigenvalue weighted by Crippen LogP contribution is -2.36. The van der Waals surface area contributed by atoms with Crippen molar-refractivity contribution < 1.29 is 0 Å². The van der Waals surface area contributed by atoms with Crippen molar-refractivity contribution in [2.24, 2.45) is 10.9 Å². The van der Waals surface area contributed by atoms with Gasteiger partial charge in [0.2, 0.25) is 0 Å². The summed E-state index contributed by atoms with van der Waals surface area (Å²) in [6, 6.07) is 1.92. The number of anilines is 1. The summed E-state index contributed by atoms with van der Waals surface area (Å²) < 4.78 is 0. The van der Waals surface area contributed by atoms with Gasteiger partial charge in [0.15, 0.2) is 0 Å². The van der Waals surface area contributed by atoms with E-state index in [1.54, 1.807) is 0 Å². The van der Waals surface area contributed by atoms with Crippen LogP contribution >= 0.6 is 0 Å². The number of rotatable bonds is 2. The van der Waals surface area contributed by atoms with E-state index in [0.29, 0.717) is 5.92 Å². The first-order valence-electron chi connectivity index (χ1n) is 7.16. The molecular formula is C15H20N6. The minimum Gasteiger partial charge on any atom is -0.325 e. The van der Waals surface area contributed by atoms with Gasteiger partial charge in [-0.15, -0.1) is 0 Å². The van der Waals surface area contributed by atoms with Crippen molar-refractivity contribution >= 4 is 11.7 Å². The number of amidine groups is 1. The number of aryl methyl sites for hydroxylation is 2. The molecule has 0 aliphatic carbocycles. The van der Waals surface area contributed by atoms with Crippen molar-refractivity contribution in [1.82, 2.24) is 20.4 Å². The standard InChI is InChI=1S/C15H20N6/c1-9(2)12-8-14(20-15-5-6-16-21(12)15)19-13-7-10(3)17-11(4)18-13/h5,7-9,16H,6H2,1-4H3,(H,17,18,19,20). The Labute approximate surface area is 124 Å². The molecular weight excluding hydrogens is 264 g/mol. The number of nitrogens with one attached hydrogen (secondary N) is 2. The van der Waals surface area contributed by atoms with Gasteiger partial charge in [-0.1, -0.05) is 13.8 Å². The summed E-state index contributed by atoms with van der Waals surface area (Å²) >= 11 is 0. The van der Waals surface area contributed by atoms with Gasteiger partial charge in [0.05, 0.1) is 0 Å². The summed E-state index contributed by atoms with van der Waals surface area (Å²) in [5.74, 6) is 3.68. The average Bonchev–Trinajstić information content (AvgIpc) is 2.84. The Bertz CT molecular complexity index is 636. The molecule has 110 valence electrons. The second-order valence-corrected chi connectivity index (χ2v) is 5.55. The minimum absolute atomic E-state index is 0.403. The summed E-state index contributed by atoms with van der Waals surface area (Å²) in [6.45, 7) is 9.00. The third-order valence-electron chi connectivity index (χ3n) is 3.35. The molecule has 3 heterocycles. The Hall–Kier alpha value is -2.21. The van der Waals surface area contributed by atoms with Crippen LogP contribution in [0.3, 0.4) is 0 Å². The highest BCUT2D eigenvalue weighted by Gasteiger charge is 2.25. The molecule has 1 aromatic rings. The molecule has 0 unspecified atom stereocenters. The Morgan fingerprint density at radius 2 is 2.10 bits per heavy atom. The number of allylic oxidation sites excluding steroid dienone is 1. The Morgan fingerprint density at radius 3 is 2.81 bits per heavy atom. The number of fused-ring (bicyclic) bond motifs is 1. The number of aromatic nitrogens is 2. The molecule has 2 aliphatic heterocycles. The van der Waals surface area contributed by atoms with Crippen molar-refractivity contribution in [3.63, 3.8) is 0 Å². The summed E-state index contributed by atoms with van der Waals surface area (Å²) in [6.07, 6.45) is 4.14. The molecule has 0 saturated heterocycles. The van der Waals surface area contributed by atoms with Gasteiger partial charge in [-0.2, -0.15) is 0 Å². The van der Waals surface area contributed by atoms with Gasteiger partial charge in [-0.3, -0.25) is 5.01 Å². The van der Waals surface area contributed by atoms with Gasteiger partial charge in [0.25, 0.3) is 0 Å². The molecule has 21 heavy (non-hydrogen) atoms. The van der Waals surface area contributed by atoms with Crippen LogP contribution in [0.5, 0.6) is 0 Å². The first-order valence-corrected chi connectivity index (χ1v) is 7.16. The maximum absolute atomic E-state index is 4.62. The van der Waals surface area contributed by atoms with Crippen LogP contribution in [0.25, 0.3) is 0 Å². The smallest absolute Gasteiger partial charge is 0.146 e. The SMILES string of the molecule is Cc1cc(NC2=NC3=CCNN3C(C(C)C)=C2)nc(C)n1. The number of aliphatic imine (C=N–C) groups is 1. The predicted octanol–water partition coefficient (Wildman–Crippen LogP) is 2.12. The van der Waals surface area contributed by atoms with Crippen LogP contribution in [0.4, 0.5) is 5.82 Å². The molecule has 0 radical (unpaired) electrons. The number of hydrazine groups is 1. The van der Waals surface area contributed by atoms with E-state index in [0.717, 1.165) is 35.5 Å². The van der Waals surface area contributed by atoms with Gasteiger partial charge in [-0.25, -0.2) is 20.4 Å². The molecule has 2 N–H and O–H groups in total. The molecule has 2 aliphatic rings. The van der Waals surface area contributed by atoms with Gasteiger partial charge in [-0.05, 0) is 25.8 Å². The zero-order chi connectivity index (χ0) is 15.0. The monoisotopic (exact) mass is 284 g/mol. The first-order chi connectivity index (χ1) is 10.0. The maximum Gasteiger partial charge on any atom is 0.146 e. The van der Waals surface area contributed by atoms with E-state index in [4.69, 9.17) is 0 Å². The zero-order valence-electron chi connectivity index (χ0n) is 12.8. The van der Waals surface area contributed by atoms with Crippen LogP contribution < -0.4 is 10.7 Å². The maximum atomic E-state index is 4.62. The van der Waals surface area contributed by atoms with Crippen molar-refractivity contribution in [2.75, 3.05) is 11.9 Å². The van der Waals surface area contributed by atoms with Gasteiger partial charge >= 0.3 is 0 Å². The summed E-state index contributed by atoms with van der Waals surface area (Å²) in [5, 5.41) is 5.34. The molecule has 3 rings (SSSR count). The van der Waals surface area contributed by atoms with Crippen LogP contribution in [0.2, 0.25) is 0 Å². The molecule has 0 fully saturated rings. The van der Waals surface area contributed by atoms with E-state index in [2.05, 4.69) is 51.7 Å². The van der Waals surface area contributed by atoms with Crippen molar-refractivity contribution in [3.05, 3.63) is 41.3 Å². The quantitative estimate of drug-likeness (QED) is 0.871. The van der Waals surface area contributed by atoms with Crippen molar-refractivity contribution in [1.29, 1.82) is 0 Å². The van der Waals surface area contributed by atoms with Gasteiger partial charge in [0, 0.05) is 30.1 Å². The van der Waals surface area contributed by atoms with E-state index in [1.165, 1.54) is 5.70 Å². The summed E-state index contributed by atoms with van der Waals surface area (Å²) in [4.78, 5) is 13.3. The normalized spacial score (nSPS) is 17.4. The molecule has 0 spiro atoms. The van der Waals surface area contributed by atoms with E-state index in [1.807, 2.05) is 24.9 Å². The molecule has 6 heteroatoms. The van der Waals surface area contributed by atoms with Crippen LogP contribution in [0.15, 0.2) is 34.7 Å². The number of hydrogen-bond acceptors (Lipinski definition) is 6. The number of hydrogen-bond donors (Lipinski definition) is 2. The highest BCUT2D eigenvalue weighted by atomic mass is 15.6. The highest BCUT2D eigenvalue weighted by Crippen LogP contribution is 2.26. The van der Waals surface area contributed by atoms with Crippen LogP contribution in [0, 0.1) is 19.8 Å². The average molecular weight is 284 g/mol. The van der Waals surface area contributed by atoms with Gasteiger partial charge < -0.3 is 5.32 Å². The fourth-order valence-electron chi connectivity index (χ4n) is 2.48. The van der Waals surface area contributed by atoms with E-state index in [9.17, 15) is 0 Å². The third-order valence-corrected chi connectivity index (χ3v) is 3.35. The van der Waals surface area contributed by atoms with Crippen LogP contribution in [-0.4, -0.2) is 27.4 Å². The fraction of sp³-hybridized carbons (Fsp3) is 0.400. The largest absolute Gasteiger partial charge is 0.325 e. The minimum atomic E-state index is 0.403. The van der Waals surface area contributed by atoms with E-state index in [-0.39, 0.29) is 0 Å². The molecule has 0 amide bonds. The summed E-state index contributed by atoms with van der Waals surface area (Å²) in [5.41, 5.74) is 5.44. The third kappa shape index (κ3) is 2.80. The molecule has 0 saturated carbocycles. The van der Waals surface area contributed by atoms with Gasteiger partial charge in [0.1, 0.15) is 23.3 Å². The van der Waals surface area contributed by atoms with E-state index >= 15 is 0 Å². The lowest BCUT2D eigenvalue weighted by molar-refractivity contribution is 0.316. The summed E-state index contributed by atoms with van der Waals surface area (Å²) in [7, 11) is 0. The Morgan fingerprint density at radius 1 is 1.29 bits per heavy atom. The predicted molar refractivity (Wildman–Crippen MR) is 83.4 cm³/mol. The van der Waals surface area contributed by atoms with E-state index < -0.39 is 0 Å². The Balaban J connectivity index is 1.91. The highest BCUT2D eigenvalue weighted by molar-refractivity contribution is 6.04. The first kappa shape index (κ1) is 13.8. The molecule has 0 atom stereocenters. The lowest BCUT2D eigenvalue weighted by atomic mass is 10.1. The zero-order valence-corrected chi connectivity index (χ0v) is 12.8. The van der Waals surface area contributed by atoms with Crippen molar-refractivity contribution in [3.8, 4) is 0 Å². The number of nitrogens with zero attached hydrogens (tertiary/aromatic N) is 4. The second-order valence-electron chi connectivity index (χ2n) is 5.55. The Kier molecular flexibility index (Phi) is 3.47. The molecule has 0 bridgehead atoms. The lowest BCUT2D eigenvalue weighted by Gasteiger charge is -2.29. The topological polar surface area (TPSA) is 65.4 Å². The van der Waals surface area contributed by atoms with Crippen LogP contribution in [0.1, 0.15) is 25.4 Å². The van der Waals surface area contributed by atoms with Crippen LogP contribution in [-0.2, 0) is 0 Å². The fourth-order valence-corrected chi connectivity index (χ4v) is 2.48. The molecule has 1 aromatic heterocycles. The molecule has 0 aromatic carbocycles. The van der Waals surface area contributed by atoms with Crippen molar-refractivity contribution in [2.45, 2.75) is 27.7 Å². The molecule has 6 nitrogen and oxygen atoms in total.